The fourth-order valence-electron chi connectivity index (χ4n) is 3.65. The van der Waals surface area contributed by atoms with Crippen LogP contribution in [0.1, 0.15) is 44.6 Å². The van der Waals surface area contributed by atoms with Gasteiger partial charge in [-0.3, -0.25) is 5.32 Å². The molecule has 0 aromatic heterocycles. The number of hydrogen-bond donors (Lipinski definition) is 1. The number of thiocarbonyl (C=S) groups is 1. The highest BCUT2D eigenvalue weighted by Gasteiger charge is 2.28. The molecule has 1 aliphatic heterocycles. The summed E-state index contributed by atoms with van der Waals surface area (Å²) in [6, 6.07) is 10.4. The number of piperidine rings is 1. The minimum Gasteiger partial charge on any atom is -0.450 e. The van der Waals surface area contributed by atoms with Crippen molar-refractivity contribution in [3.63, 3.8) is 0 Å². The van der Waals surface area contributed by atoms with Crippen LogP contribution >= 0.6 is 12.2 Å². The van der Waals surface area contributed by atoms with Crippen molar-refractivity contribution in [2.45, 2.75) is 39.0 Å². The molecule has 1 aliphatic carbocycles. The Morgan fingerprint density at radius 1 is 1.19 bits per heavy atom. The van der Waals surface area contributed by atoms with Crippen LogP contribution in [0.25, 0.3) is 6.08 Å². The number of benzene rings is 1. The maximum Gasteiger partial charge on any atom is 0.412 e. The zero-order chi connectivity index (χ0) is 18.4. The van der Waals surface area contributed by atoms with Gasteiger partial charge in [0.15, 0.2) is 0 Å². The third kappa shape index (κ3) is 4.52. The quantitative estimate of drug-likeness (QED) is 0.782. The van der Waals surface area contributed by atoms with Crippen molar-refractivity contribution < 1.29 is 9.53 Å². The van der Waals surface area contributed by atoms with Crippen molar-refractivity contribution in [3.05, 3.63) is 52.7 Å². The SMILES string of the molecule is CCOC(=O)NC(=S)C1=C(N2CCCCC2)/C(=C\c2ccccc2)CC1. The van der Waals surface area contributed by atoms with Crippen LogP contribution in [0, 0.1) is 0 Å². The number of rotatable bonds is 4. The molecule has 0 bridgehead atoms. The lowest BCUT2D eigenvalue weighted by Crippen LogP contribution is -2.34. The minimum absolute atomic E-state index is 0.339. The minimum atomic E-state index is -0.469. The second-order valence-electron chi connectivity index (χ2n) is 6.63. The Bertz CT molecular complexity index is 719. The fraction of sp³-hybridized carbons (Fsp3) is 0.429. The van der Waals surface area contributed by atoms with Crippen LogP contribution in [0.4, 0.5) is 4.79 Å². The Balaban J connectivity index is 1.90. The van der Waals surface area contributed by atoms with Crippen LogP contribution in [-0.4, -0.2) is 35.7 Å². The lowest BCUT2D eigenvalue weighted by atomic mass is 10.0. The maximum atomic E-state index is 11.8. The lowest BCUT2D eigenvalue weighted by Gasteiger charge is -2.32. The van der Waals surface area contributed by atoms with Crippen LogP contribution in [-0.2, 0) is 4.74 Å². The molecule has 1 N–H and O–H groups in total. The van der Waals surface area contributed by atoms with Crippen LogP contribution in [0.5, 0.6) is 0 Å². The monoisotopic (exact) mass is 370 g/mol. The van der Waals surface area contributed by atoms with Gasteiger partial charge < -0.3 is 9.64 Å². The van der Waals surface area contributed by atoms with Gasteiger partial charge in [0, 0.05) is 24.4 Å². The summed E-state index contributed by atoms with van der Waals surface area (Å²) in [6.45, 7) is 4.23. The first-order chi connectivity index (χ1) is 12.7. The second-order valence-corrected chi connectivity index (χ2v) is 7.04. The van der Waals surface area contributed by atoms with Crippen LogP contribution in [0.15, 0.2) is 47.2 Å². The summed E-state index contributed by atoms with van der Waals surface area (Å²) in [6.07, 6.45) is 7.27. The zero-order valence-corrected chi connectivity index (χ0v) is 16.1. The first-order valence-corrected chi connectivity index (χ1v) is 9.82. The molecule has 1 aromatic rings. The Kier molecular flexibility index (Phi) is 6.45. The molecular formula is C21H26N2O2S. The summed E-state index contributed by atoms with van der Waals surface area (Å²) in [5.41, 5.74) is 4.79. The van der Waals surface area contributed by atoms with Crippen LogP contribution in [0.2, 0.25) is 0 Å². The van der Waals surface area contributed by atoms with E-state index in [0.29, 0.717) is 11.6 Å². The summed E-state index contributed by atoms with van der Waals surface area (Å²) in [4.78, 5) is 14.7. The van der Waals surface area contributed by atoms with E-state index in [4.69, 9.17) is 17.0 Å². The van der Waals surface area contributed by atoms with Gasteiger partial charge in [-0.05, 0) is 56.2 Å². The summed E-state index contributed by atoms with van der Waals surface area (Å²) < 4.78 is 4.99. The summed E-state index contributed by atoms with van der Waals surface area (Å²) in [7, 11) is 0. The second kappa shape index (κ2) is 8.99. The van der Waals surface area contributed by atoms with E-state index in [2.05, 4.69) is 40.6 Å². The van der Waals surface area contributed by atoms with Gasteiger partial charge in [-0.1, -0.05) is 42.5 Å². The molecule has 5 heteroatoms. The molecule has 26 heavy (non-hydrogen) atoms. The summed E-state index contributed by atoms with van der Waals surface area (Å²) >= 11 is 5.54. The van der Waals surface area contributed by atoms with E-state index in [1.165, 1.54) is 36.1 Å². The number of likely N-dealkylation sites (tertiary alicyclic amines) is 1. The van der Waals surface area contributed by atoms with Gasteiger partial charge in [-0.15, -0.1) is 0 Å². The number of nitrogens with zero attached hydrogens (tertiary/aromatic N) is 1. The molecule has 3 rings (SSSR count). The van der Waals surface area contributed by atoms with Crippen molar-refractivity contribution >= 4 is 29.4 Å². The molecule has 0 unspecified atom stereocenters. The number of carbonyl (C=O) groups is 1. The van der Waals surface area contributed by atoms with Gasteiger partial charge in [-0.25, -0.2) is 4.79 Å². The Hall–Kier alpha value is -2.14. The fourth-order valence-corrected chi connectivity index (χ4v) is 3.93. The third-order valence-corrected chi connectivity index (χ3v) is 5.16. The van der Waals surface area contributed by atoms with Crippen LogP contribution in [0.3, 0.4) is 0 Å². The van der Waals surface area contributed by atoms with Crippen LogP contribution < -0.4 is 5.32 Å². The summed E-state index contributed by atoms with van der Waals surface area (Å²) in [5, 5.41) is 2.73. The zero-order valence-electron chi connectivity index (χ0n) is 15.3. The molecule has 4 nitrogen and oxygen atoms in total. The maximum absolute atomic E-state index is 11.8. The lowest BCUT2D eigenvalue weighted by molar-refractivity contribution is 0.158. The number of ether oxygens (including phenoxy) is 1. The van der Waals surface area contributed by atoms with Gasteiger partial charge in [0.25, 0.3) is 0 Å². The predicted octanol–water partition coefficient (Wildman–Crippen LogP) is 4.68. The van der Waals surface area contributed by atoms with E-state index in [1.807, 2.05) is 6.07 Å². The third-order valence-electron chi connectivity index (χ3n) is 4.81. The van der Waals surface area contributed by atoms with E-state index < -0.39 is 6.09 Å². The smallest absolute Gasteiger partial charge is 0.412 e. The number of nitrogens with one attached hydrogen (secondary N) is 1. The van der Waals surface area contributed by atoms with Gasteiger partial charge in [-0.2, -0.15) is 0 Å². The van der Waals surface area contributed by atoms with Crippen molar-refractivity contribution in [3.8, 4) is 0 Å². The number of carbonyl (C=O) groups excluding carboxylic acids is 1. The number of hydrogen-bond acceptors (Lipinski definition) is 4. The normalized spacial score (nSPS) is 19.0. The van der Waals surface area contributed by atoms with Crippen molar-refractivity contribution in [2.75, 3.05) is 19.7 Å². The first kappa shape index (κ1) is 18.6. The van der Waals surface area contributed by atoms with Crippen molar-refractivity contribution in [1.29, 1.82) is 0 Å². The van der Waals surface area contributed by atoms with Crippen molar-refractivity contribution in [1.82, 2.24) is 10.2 Å². The predicted molar refractivity (Wildman–Crippen MR) is 109 cm³/mol. The molecule has 0 radical (unpaired) electrons. The Morgan fingerprint density at radius 2 is 1.92 bits per heavy atom. The highest BCUT2D eigenvalue weighted by atomic mass is 32.1. The van der Waals surface area contributed by atoms with E-state index in [9.17, 15) is 4.79 Å². The molecule has 2 aliphatic rings. The van der Waals surface area contributed by atoms with E-state index in [-0.39, 0.29) is 0 Å². The van der Waals surface area contributed by atoms with Gasteiger partial charge >= 0.3 is 6.09 Å². The van der Waals surface area contributed by atoms with Gasteiger partial charge in [0.2, 0.25) is 0 Å². The molecule has 138 valence electrons. The topological polar surface area (TPSA) is 41.6 Å². The standard InChI is InChI=1S/C21H26N2O2S/c1-2-25-21(24)22-20(26)18-12-11-17(15-16-9-5-3-6-10-16)19(18)23-13-7-4-8-14-23/h3,5-6,9-10,15H,2,4,7-8,11-14H2,1H3,(H,22,24,26)/b17-15-. The highest BCUT2D eigenvalue weighted by molar-refractivity contribution is 7.80. The molecule has 0 saturated carbocycles. The highest BCUT2D eigenvalue weighted by Crippen LogP contribution is 2.37. The largest absolute Gasteiger partial charge is 0.450 e. The average Bonchev–Trinajstić information content (AvgIpc) is 3.07. The Labute approximate surface area is 160 Å². The molecular weight excluding hydrogens is 344 g/mol. The Morgan fingerprint density at radius 3 is 2.62 bits per heavy atom. The molecule has 1 heterocycles. The van der Waals surface area contributed by atoms with E-state index >= 15 is 0 Å². The average molecular weight is 371 g/mol. The molecule has 1 saturated heterocycles. The first-order valence-electron chi connectivity index (χ1n) is 9.41. The molecule has 0 spiro atoms. The molecule has 1 fully saturated rings. The number of allylic oxidation sites excluding steroid dienone is 1. The summed E-state index contributed by atoms with van der Waals surface area (Å²) in [5.74, 6) is 0. The van der Waals surface area contributed by atoms with Gasteiger partial charge in [0.1, 0.15) is 4.99 Å². The van der Waals surface area contributed by atoms with Gasteiger partial charge in [0.05, 0.1) is 6.61 Å². The molecule has 0 atom stereocenters. The van der Waals surface area contributed by atoms with E-state index in [1.54, 1.807) is 6.92 Å². The van der Waals surface area contributed by atoms with E-state index in [0.717, 1.165) is 31.5 Å². The molecule has 1 aromatic carbocycles. The van der Waals surface area contributed by atoms with Crippen molar-refractivity contribution in [2.24, 2.45) is 0 Å². The number of alkyl carbamates (subject to hydrolysis) is 1. The molecule has 1 amide bonds. The number of amides is 1.